The van der Waals surface area contributed by atoms with Crippen molar-refractivity contribution < 1.29 is 9.53 Å². The molecule has 0 aromatic carbocycles. The Kier molecular flexibility index (Phi) is 5.01. The van der Waals surface area contributed by atoms with Crippen LogP contribution in [0.15, 0.2) is 0 Å². The highest BCUT2D eigenvalue weighted by atomic mass is 16.5. The monoisotopic (exact) mass is 254 g/mol. The molecule has 0 unspecified atom stereocenters. The molecule has 0 bridgehead atoms. The van der Waals surface area contributed by atoms with Gasteiger partial charge in [0.2, 0.25) is 5.91 Å². The van der Waals surface area contributed by atoms with E-state index < -0.39 is 0 Å². The van der Waals surface area contributed by atoms with Crippen LogP contribution in [0.3, 0.4) is 0 Å². The smallest absolute Gasteiger partial charge is 0.227 e. The van der Waals surface area contributed by atoms with E-state index in [9.17, 15) is 4.79 Å². The Balaban J connectivity index is 1.64. The van der Waals surface area contributed by atoms with E-state index in [0.29, 0.717) is 25.8 Å². The molecule has 2 saturated carbocycles. The zero-order valence-electron chi connectivity index (χ0n) is 11.2. The maximum absolute atomic E-state index is 12.1. The van der Waals surface area contributed by atoms with Gasteiger partial charge in [-0.25, -0.2) is 0 Å². The van der Waals surface area contributed by atoms with Crippen LogP contribution < -0.4 is 11.1 Å². The van der Waals surface area contributed by atoms with Gasteiger partial charge >= 0.3 is 0 Å². The molecule has 0 saturated heterocycles. The van der Waals surface area contributed by atoms with Crippen LogP contribution in [0.4, 0.5) is 0 Å². The first-order valence-electron chi connectivity index (χ1n) is 7.37. The van der Waals surface area contributed by atoms with Crippen LogP contribution in [0.25, 0.3) is 0 Å². The highest BCUT2D eigenvalue weighted by Gasteiger charge is 2.39. The third kappa shape index (κ3) is 3.23. The summed E-state index contributed by atoms with van der Waals surface area (Å²) in [5.74, 6) is 0.137. The summed E-state index contributed by atoms with van der Waals surface area (Å²) in [5, 5.41) is 3.00. The average Bonchev–Trinajstić information content (AvgIpc) is 3.05. The molecule has 2 rings (SSSR count). The second-order valence-corrected chi connectivity index (χ2v) is 5.72. The van der Waals surface area contributed by atoms with E-state index in [0.717, 1.165) is 25.7 Å². The first-order chi connectivity index (χ1) is 8.77. The van der Waals surface area contributed by atoms with E-state index in [1.807, 2.05) is 0 Å². The molecule has 0 aromatic rings. The molecule has 4 heteroatoms. The Bertz CT molecular complexity index is 269. The molecule has 0 heterocycles. The third-order valence-electron chi connectivity index (χ3n) is 4.48. The molecule has 4 nitrogen and oxygen atoms in total. The normalized spacial score (nSPS) is 23.4. The molecule has 0 atom stereocenters. The van der Waals surface area contributed by atoms with Crippen LogP contribution in [0.5, 0.6) is 0 Å². The fraction of sp³-hybridized carbons (Fsp3) is 0.929. The van der Waals surface area contributed by atoms with Gasteiger partial charge in [0.25, 0.3) is 0 Å². The lowest BCUT2D eigenvalue weighted by molar-refractivity contribution is -0.130. The lowest BCUT2D eigenvalue weighted by atomic mass is 9.85. The van der Waals surface area contributed by atoms with E-state index in [1.165, 1.54) is 25.7 Å². The van der Waals surface area contributed by atoms with Crippen molar-refractivity contribution in [2.24, 2.45) is 11.1 Å². The van der Waals surface area contributed by atoms with Crippen molar-refractivity contribution in [2.45, 2.75) is 57.5 Å². The molecule has 0 spiro atoms. The quantitative estimate of drug-likeness (QED) is 0.707. The molecule has 3 N–H and O–H groups in total. The van der Waals surface area contributed by atoms with Gasteiger partial charge in [0, 0.05) is 13.1 Å². The van der Waals surface area contributed by atoms with E-state index >= 15 is 0 Å². The third-order valence-corrected chi connectivity index (χ3v) is 4.48. The maximum atomic E-state index is 12.1. The highest BCUT2D eigenvalue weighted by Crippen LogP contribution is 2.37. The van der Waals surface area contributed by atoms with Crippen molar-refractivity contribution in [2.75, 3.05) is 19.7 Å². The Morgan fingerprint density at radius 2 is 1.89 bits per heavy atom. The zero-order chi connectivity index (χ0) is 12.8. The van der Waals surface area contributed by atoms with Crippen LogP contribution in [0, 0.1) is 5.41 Å². The van der Waals surface area contributed by atoms with Gasteiger partial charge in [0.1, 0.15) is 0 Å². The van der Waals surface area contributed by atoms with Gasteiger partial charge < -0.3 is 15.8 Å². The van der Waals surface area contributed by atoms with Gasteiger partial charge in [-0.15, -0.1) is 0 Å². The van der Waals surface area contributed by atoms with Crippen LogP contribution in [0.1, 0.15) is 51.4 Å². The summed E-state index contributed by atoms with van der Waals surface area (Å²) < 4.78 is 5.74. The van der Waals surface area contributed by atoms with Gasteiger partial charge in [0.05, 0.1) is 18.1 Å². The van der Waals surface area contributed by atoms with E-state index in [2.05, 4.69) is 5.32 Å². The second kappa shape index (κ2) is 6.53. The van der Waals surface area contributed by atoms with Gasteiger partial charge in [-0.2, -0.15) is 0 Å². The number of carbonyl (C=O) groups is 1. The Morgan fingerprint density at radius 3 is 2.50 bits per heavy atom. The first-order valence-corrected chi connectivity index (χ1v) is 7.37. The van der Waals surface area contributed by atoms with Crippen molar-refractivity contribution in [1.29, 1.82) is 0 Å². The van der Waals surface area contributed by atoms with Crippen LogP contribution in [-0.4, -0.2) is 31.7 Å². The predicted molar refractivity (Wildman–Crippen MR) is 71.2 cm³/mol. The molecule has 2 fully saturated rings. The van der Waals surface area contributed by atoms with Crippen molar-refractivity contribution in [3.63, 3.8) is 0 Å². The summed E-state index contributed by atoms with van der Waals surface area (Å²) in [6.45, 7) is 1.73. The molecular formula is C14H26N2O2. The van der Waals surface area contributed by atoms with E-state index in [4.69, 9.17) is 10.5 Å². The molecular weight excluding hydrogens is 228 g/mol. The molecule has 18 heavy (non-hydrogen) atoms. The van der Waals surface area contributed by atoms with Gasteiger partial charge in [-0.3, -0.25) is 4.79 Å². The summed E-state index contributed by atoms with van der Waals surface area (Å²) in [6, 6.07) is 0. The number of nitrogens with two attached hydrogens (primary N) is 1. The second-order valence-electron chi connectivity index (χ2n) is 5.72. The molecule has 0 radical (unpaired) electrons. The van der Waals surface area contributed by atoms with Crippen molar-refractivity contribution >= 4 is 5.91 Å². The van der Waals surface area contributed by atoms with Crippen molar-refractivity contribution in [3.8, 4) is 0 Å². The minimum atomic E-state index is -0.284. The van der Waals surface area contributed by atoms with Crippen molar-refractivity contribution in [3.05, 3.63) is 0 Å². The fourth-order valence-corrected chi connectivity index (χ4v) is 3.21. The van der Waals surface area contributed by atoms with Gasteiger partial charge in [0.15, 0.2) is 0 Å². The lowest BCUT2D eigenvalue weighted by Crippen LogP contribution is -2.45. The predicted octanol–water partition coefficient (Wildman–Crippen LogP) is 1.58. The number of hydrogen-bond acceptors (Lipinski definition) is 3. The van der Waals surface area contributed by atoms with Crippen molar-refractivity contribution in [1.82, 2.24) is 5.32 Å². The molecule has 2 aliphatic carbocycles. The SMILES string of the molecule is NCC1(C(=O)NCCOC2CCCC2)CCCC1. The average molecular weight is 254 g/mol. The van der Waals surface area contributed by atoms with E-state index in [-0.39, 0.29) is 11.3 Å². The number of nitrogens with one attached hydrogen (secondary N) is 1. The molecule has 2 aliphatic rings. The first kappa shape index (κ1) is 13.8. The molecule has 0 aliphatic heterocycles. The number of carbonyl (C=O) groups excluding carboxylic acids is 1. The van der Waals surface area contributed by atoms with Gasteiger partial charge in [-0.1, -0.05) is 25.7 Å². The number of hydrogen-bond donors (Lipinski definition) is 2. The Hall–Kier alpha value is -0.610. The van der Waals surface area contributed by atoms with E-state index in [1.54, 1.807) is 0 Å². The summed E-state index contributed by atoms with van der Waals surface area (Å²) in [4.78, 5) is 12.1. The van der Waals surface area contributed by atoms with Gasteiger partial charge in [-0.05, 0) is 25.7 Å². The Morgan fingerprint density at radius 1 is 1.22 bits per heavy atom. The minimum absolute atomic E-state index is 0.137. The maximum Gasteiger partial charge on any atom is 0.227 e. The molecule has 1 amide bonds. The molecule has 0 aromatic heterocycles. The fourth-order valence-electron chi connectivity index (χ4n) is 3.21. The molecule has 104 valence electrons. The van der Waals surface area contributed by atoms with Crippen LogP contribution >= 0.6 is 0 Å². The topological polar surface area (TPSA) is 64.4 Å². The number of ether oxygens (including phenoxy) is 1. The minimum Gasteiger partial charge on any atom is -0.376 e. The summed E-state index contributed by atoms with van der Waals surface area (Å²) in [5.41, 5.74) is 5.50. The van der Waals surface area contributed by atoms with Crippen LogP contribution in [0.2, 0.25) is 0 Å². The highest BCUT2D eigenvalue weighted by molar-refractivity contribution is 5.83. The Labute approximate surface area is 110 Å². The van der Waals surface area contributed by atoms with Crippen LogP contribution in [-0.2, 0) is 9.53 Å². The number of rotatable bonds is 6. The summed E-state index contributed by atoms with van der Waals surface area (Å²) in [6.07, 6.45) is 9.50. The summed E-state index contributed by atoms with van der Waals surface area (Å²) in [7, 11) is 0. The number of amides is 1. The summed E-state index contributed by atoms with van der Waals surface area (Å²) >= 11 is 0. The zero-order valence-corrected chi connectivity index (χ0v) is 11.2. The largest absolute Gasteiger partial charge is 0.376 e. The lowest BCUT2D eigenvalue weighted by Gasteiger charge is -2.25. The standard InChI is InChI=1S/C14H26N2O2/c15-11-14(7-3-4-8-14)13(17)16-9-10-18-12-5-1-2-6-12/h12H,1-11,15H2,(H,16,17).